The lowest BCUT2D eigenvalue weighted by Gasteiger charge is -2.33. The molecule has 3 heteroatoms. The molecule has 2 saturated carbocycles. The maximum Gasteiger partial charge on any atom is 0.309 e. The third-order valence-electron chi connectivity index (χ3n) is 4.22. The zero-order valence-electron chi connectivity index (χ0n) is 9.17. The summed E-state index contributed by atoms with van der Waals surface area (Å²) in [7, 11) is 0. The van der Waals surface area contributed by atoms with Crippen LogP contribution in [-0.2, 0) is 4.79 Å². The predicted octanol–water partition coefficient (Wildman–Crippen LogP) is 2.33. The lowest BCUT2D eigenvalue weighted by atomic mass is 9.75. The van der Waals surface area contributed by atoms with Crippen LogP contribution in [0.3, 0.4) is 0 Å². The van der Waals surface area contributed by atoms with Crippen molar-refractivity contribution in [1.82, 2.24) is 0 Å². The van der Waals surface area contributed by atoms with E-state index in [1.54, 1.807) is 0 Å². The Hall–Kier alpha value is -0.570. The molecule has 0 radical (unpaired) electrons. The van der Waals surface area contributed by atoms with Crippen LogP contribution >= 0.6 is 0 Å². The summed E-state index contributed by atoms with van der Waals surface area (Å²) >= 11 is 0. The van der Waals surface area contributed by atoms with Gasteiger partial charge in [0, 0.05) is 0 Å². The molecule has 0 atom stereocenters. The molecule has 0 bridgehead atoms. The Morgan fingerprint density at radius 1 is 1.00 bits per heavy atom. The number of carbonyl (C=O) groups is 1. The van der Waals surface area contributed by atoms with Crippen molar-refractivity contribution < 1.29 is 15.0 Å². The number of aliphatic carboxylic acids is 1. The van der Waals surface area contributed by atoms with Crippen LogP contribution in [0.1, 0.15) is 57.8 Å². The summed E-state index contributed by atoms with van der Waals surface area (Å²) in [5, 5.41) is 19.6. The van der Waals surface area contributed by atoms with Crippen molar-refractivity contribution in [3.05, 3.63) is 0 Å². The Labute approximate surface area is 90.5 Å². The highest BCUT2D eigenvalue weighted by Crippen LogP contribution is 2.48. The van der Waals surface area contributed by atoms with E-state index in [4.69, 9.17) is 0 Å². The molecule has 0 spiro atoms. The van der Waals surface area contributed by atoms with Crippen molar-refractivity contribution in [3.8, 4) is 0 Å². The zero-order chi connectivity index (χ0) is 10.9. The fraction of sp³-hybridized carbons (Fsp3) is 0.917. The van der Waals surface area contributed by atoms with E-state index in [1.807, 2.05) is 0 Å². The van der Waals surface area contributed by atoms with Crippen molar-refractivity contribution in [2.75, 3.05) is 0 Å². The quantitative estimate of drug-likeness (QED) is 0.754. The second-order valence-electron chi connectivity index (χ2n) is 5.40. The van der Waals surface area contributed by atoms with E-state index >= 15 is 0 Å². The lowest BCUT2D eigenvalue weighted by molar-refractivity contribution is -0.153. The Kier molecular flexibility index (Phi) is 2.75. The van der Waals surface area contributed by atoms with Crippen LogP contribution in [0.2, 0.25) is 0 Å². The minimum absolute atomic E-state index is 0.481. The van der Waals surface area contributed by atoms with Gasteiger partial charge in [0.05, 0.1) is 11.0 Å². The van der Waals surface area contributed by atoms with E-state index in [0.29, 0.717) is 6.42 Å². The second-order valence-corrected chi connectivity index (χ2v) is 5.40. The molecule has 0 aliphatic heterocycles. The summed E-state index contributed by atoms with van der Waals surface area (Å²) in [5.74, 6) is -0.694. The SMILES string of the molecule is O=C(O)C1(CC2(O)CCCC2)CCCC1. The van der Waals surface area contributed by atoms with Gasteiger partial charge in [-0.05, 0) is 32.1 Å². The number of carboxylic acid groups (broad SMARTS) is 1. The minimum atomic E-state index is -0.694. The molecule has 0 amide bonds. The highest BCUT2D eigenvalue weighted by Gasteiger charge is 2.47. The van der Waals surface area contributed by atoms with Crippen molar-refractivity contribution in [3.63, 3.8) is 0 Å². The predicted molar refractivity (Wildman–Crippen MR) is 56.6 cm³/mol. The molecular weight excluding hydrogens is 192 g/mol. The molecular formula is C12H20O3. The summed E-state index contributed by atoms with van der Waals surface area (Å²) in [6, 6.07) is 0. The molecule has 0 saturated heterocycles. The van der Waals surface area contributed by atoms with Gasteiger partial charge >= 0.3 is 5.97 Å². The van der Waals surface area contributed by atoms with Gasteiger partial charge in [0.1, 0.15) is 0 Å². The summed E-state index contributed by atoms with van der Waals surface area (Å²) in [5.41, 5.74) is -1.29. The first-order valence-corrected chi connectivity index (χ1v) is 6.02. The molecule has 15 heavy (non-hydrogen) atoms. The Morgan fingerprint density at radius 3 is 1.93 bits per heavy atom. The fourth-order valence-corrected chi connectivity index (χ4v) is 3.36. The van der Waals surface area contributed by atoms with E-state index in [-0.39, 0.29) is 0 Å². The van der Waals surface area contributed by atoms with Crippen LogP contribution in [-0.4, -0.2) is 21.8 Å². The van der Waals surface area contributed by atoms with Gasteiger partial charge in [-0.15, -0.1) is 0 Å². The van der Waals surface area contributed by atoms with Crippen LogP contribution in [0, 0.1) is 5.41 Å². The number of rotatable bonds is 3. The smallest absolute Gasteiger partial charge is 0.309 e. The van der Waals surface area contributed by atoms with E-state index in [9.17, 15) is 15.0 Å². The van der Waals surface area contributed by atoms with Crippen LogP contribution in [0.5, 0.6) is 0 Å². The first kappa shape index (κ1) is 10.9. The second kappa shape index (κ2) is 3.78. The molecule has 2 fully saturated rings. The minimum Gasteiger partial charge on any atom is -0.481 e. The lowest BCUT2D eigenvalue weighted by Crippen LogP contribution is -2.38. The number of hydrogen-bond donors (Lipinski definition) is 2. The van der Waals surface area contributed by atoms with E-state index in [1.165, 1.54) is 0 Å². The molecule has 2 rings (SSSR count). The van der Waals surface area contributed by atoms with Gasteiger partial charge in [0.25, 0.3) is 0 Å². The summed E-state index contributed by atoms with van der Waals surface area (Å²) < 4.78 is 0. The Morgan fingerprint density at radius 2 is 1.47 bits per heavy atom. The highest BCUT2D eigenvalue weighted by molar-refractivity contribution is 5.75. The maximum absolute atomic E-state index is 11.3. The van der Waals surface area contributed by atoms with Gasteiger partial charge in [-0.2, -0.15) is 0 Å². The van der Waals surface area contributed by atoms with Crippen molar-refractivity contribution in [1.29, 1.82) is 0 Å². The third kappa shape index (κ3) is 2.03. The largest absolute Gasteiger partial charge is 0.481 e. The number of hydrogen-bond acceptors (Lipinski definition) is 2. The van der Waals surface area contributed by atoms with Gasteiger partial charge in [-0.25, -0.2) is 0 Å². The Balaban J connectivity index is 2.09. The maximum atomic E-state index is 11.3. The zero-order valence-corrected chi connectivity index (χ0v) is 9.17. The monoisotopic (exact) mass is 212 g/mol. The standard InChI is InChI=1S/C12H20O3/c13-10(14)11(5-1-2-6-11)9-12(15)7-3-4-8-12/h15H,1-9H2,(H,13,14). The van der Waals surface area contributed by atoms with Crippen LogP contribution in [0.25, 0.3) is 0 Å². The first-order chi connectivity index (χ1) is 7.06. The highest BCUT2D eigenvalue weighted by atomic mass is 16.4. The topological polar surface area (TPSA) is 57.5 Å². The molecule has 0 aromatic heterocycles. The molecule has 2 aliphatic carbocycles. The van der Waals surface area contributed by atoms with Gasteiger partial charge in [-0.1, -0.05) is 25.7 Å². The van der Waals surface area contributed by atoms with Gasteiger partial charge in [-0.3, -0.25) is 4.79 Å². The summed E-state index contributed by atoms with van der Waals surface area (Å²) in [6.45, 7) is 0. The van der Waals surface area contributed by atoms with Crippen LogP contribution in [0.15, 0.2) is 0 Å². The third-order valence-corrected chi connectivity index (χ3v) is 4.22. The van der Waals surface area contributed by atoms with Gasteiger partial charge in [0.15, 0.2) is 0 Å². The van der Waals surface area contributed by atoms with Gasteiger partial charge in [0.2, 0.25) is 0 Å². The number of carboxylic acids is 1. The van der Waals surface area contributed by atoms with Gasteiger partial charge < -0.3 is 10.2 Å². The molecule has 0 unspecified atom stereocenters. The van der Waals surface area contributed by atoms with Crippen LogP contribution < -0.4 is 0 Å². The molecule has 86 valence electrons. The van der Waals surface area contributed by atoms with Crippen molar-refractivity contribution in [2.24, 2.45) is 5.41 Å². The number of aliphatic hydroxyl groups is 1. The molecule has 2 N–H and O–H groups in total. The average Bonchev–Trinajstić information content (AvgIpc) is 2.76. The molecule has 3 nitrogen and oxygen atoms in total. The first-order valence-electron chi connectivity index (χ1n) is 6.02. The average molecular weight is 212 g/mol. The van der Waals surface area contributed by atoms with Crippen molar-refractivity contribution >= 4 is 5.97 Å². The normalized spacial score (nSPS) is 28.1. The molecule has 2 aliphatic rings. The summed E-state index contributed by atoms with van der Waals surface area (Å²) in [4.78, 5) is 11.3. The molecule has 0 heterocycles. The molecule has 0 aromatic carbocycles. The van der Waals surface area contributed by atoms with E-state index < -0.39 is 17.0 Å². The molecule has 0 aromatic rings. The van der Waals surface area contributed by atoms with Crippen molar-refractivity contribution in [2.45, 2.75) is 63.4 Å². The van der Waals surface area contributed by atoms with E-state index in [0.717, 1.165) is 51.4 Å². The summed E-state index contributed by atoms with van der Waals surface area (Å²) in [6.07, 6.45) is 7.68. The Bertz CT molecular complexity index is 248. The van der Waals surface area contributed by atoms with E-state index in [2.05, 4.69) is 0 Å². The van der Waals surface area contributed by atoms with Crippen LogP contribution in [0.4, 0.5) is 0 Å². The fourth-order valence-electron chi connectivity index (χ4n) is 3.36.